The van der Waals surface area contributed by atoms with Gasteiger partial charge in [-0.25, -0.2) is 0 Å². The monoisotopic (exact) mass is 609 g/mol. The van der Waals surface area contributed by atoms with Crippen LogP contribution in [0.4, 0.5) is 0 Å². The number of hydrogen-bond acceptors (Lipinski definition) is 1. The van der Waals surface area contributed by atoms with Gasteiger partial charge in [0.25, 0.3) is 0 Å². The normalized spacial score (nSPS) is 11.7. The van der Waals surface area contributed by atoms with E-state index in [0.717, 1.165) is 38.4 Å². The van der Waals surface area contributed by atoms with Gasteiger partial charge in [-0.3, -0.25) is 0 Å². The zero-order valence-electron chi connectivity index (χ0n) is 25.9. The van der Waals surface area contributed by atoms with Crippen LogP contribution in [0, 0.1) is 11.3 Å². The maximum absolute atomic E-state index is 9.87. The molecule has 10 aromatic rings. The van der Waals surface area contributed by atoms with E-state index in [1.807, 2.05) is 18.2 Å². The Hall–Kier alpha value is -6.63. The molecule has 0 saturated carbocycles. The molecule has 0 aliphatic carbocycles. The average molecular weight is 610 g/mol. The summed E-state index contributed by atoms with van der Waals surface area (Å²) in [5.41, 5.74) is 10.0. The standard InChI is InChI=1S/C45H27N3/c46-28-32-24-31-18-21-34(27-41(31)36-13-5-4-12-35(32)36)48-43-17-9-7-15-38(43)40-23-20-30(26-45(40)48)29-19-22-39-37-14-6-8-16-42(37)47(44(39)25-29)33-10-2-1-3-11-33/h1-27H. The zero-order chi connectivity index (χ0) is 31.8. The van der Waals surface area contributed by atoms with Gasteiger partial charge in [-0.15, -0.1) is 0 Å². The van der Waals surface area contributed by atoms with Crippen LogP contribution < -0.4 is 0 Å². The first-order chi connectivity index (χ1) is 23.8. The van der Waals surface area contributed by atoms with E-state index >= 15 is 0 Å². The van der Waals surface area contributed by atoms with Crippen molar-refractivity contribution in [3.05, 3.63) is 169 Å². The van der Waals surface area contributed by atoms with Gasteiger partial charge >= 0.3 is 0 Å². The van der Waals surface area contributed by atoms with Crippen molar-refractivity contribution in [3.63, 3.8) is 0 Å². The number of hydrogen-bond donors (Lipinski definition) is 0. The minimum atomic E-state index is 0.704. The highest BCUT2D eigenvalue weighted by molar-refractivity contribution is 6.14. The minimum absolute atomic E-state index is 0.704. The molecule has 8 aromatic carbocycles. The molecule has 10 rings (SSSR count). The van der Waals surface area contributed by atoms with Gasteiger partial charge in [0.1, 0.15) is 0 Å². The lowest BCUT2D eigenvalue weighted by Gasteiger charge is -2.12. The van der Waals surface area contributed by atoms with Crippen molar-refractivity contribution in [3.8, 4) is 28.6 Å². The third-order valence-corrected chi connectivity index (χ3v) is 9.92. The molecule has 0 aliphatic rings. The van der Waals surface area contributed by atoms with Crippen molar-refractivity contribution in [2.75, 3.05) is 0 Å². The van der Waals surface area contributed by atoms with Crippen LogP contribution in [0.5, 0.6) is 0 Å². The number of aromatic nitrogens is 2. The Labute approximate surface area is 276 Å². The van der Waals surface area contributed by atoms with Gasteiger partial charge < -0.3 is 9.13 Å². The van der Waals surface area contributed by atoms with Crippen LogP contribution in [-0.2, 0) is 0 Å². The van der Waals surface area contributed by atoms with Crippen molar-refractivity contribution < 1.29 is 0 Å². The lowest BCUT2D eigenvalue weighted by atomic mass is 9.97. The molecule has 222 valence electrons. The Kier molecular flexibility index (Phi) is 5.64. The Morgan fingerprint density at radius 1 is 0.354 bits per heavy atom. The summed E-state index contributed by atoms with van der Waals surface area (Å²) in [7, 11) is 0. The molecule has 0 amide bonds. The highest BCUT2D eigenvalue weighted by atomic mass is 15.0. The number of para-hydroxylation sites is 3. The first-order valence-corrected chi connectivity index (χ1v) is 16.2. The Balaban J connectivity index is 1.22. The van der Waals surface area contributed by atoms with Crippen LogP contribution in [0.2, 0.25) is 0 Å². The molecule has 0 aliphatic heterocycles. The Morgan fingerprint density at radius 2 is 0.875 bits per heavy atom. The van der Waals surface area contributed by atoms with E-state index < -0.39 is 0 Å². The van der Waals surface area contributed by atoms with Crippen molar-refractivity contribution in [2.24, 2.45) is 0 Å². The van der Waals surface area contributed by atoms with Gasteiger partial charge in [0.15, 0.2) is 0 Å². The summed E-state index contributed by atoms with van der Waals surface area (Å²) in [6, 6.07) is 60.9. The molecular weight excluding hydrogens is 583 g/mol. The second kappa shape index (κ2) is 10.2. The van der Waals surface area contributed by atoms with Crippen LogP contribution in [0.25, 0.3) is 87.7 Å². The fraction of sp³-hybridized carbons (Fsp3) is 0. The maximum Gasteiger partial charge on any atom is 0.0998 e. The quantitative estimate of drug-likeness (QED) is 0.183. The van der Waals surface area contributed by atoms with Crippen molar-refractivity contribution >= 4 is 65.2 Å². The summed E-state index contributed by atoms with van der Waals surface area (Å²) < 4.78 is 4.76. The summed E-state index contributed by atoms with van der Waals surface area (Å²) >= 11 is 0. The van der Waals surface area contributed by atoms with Gasteiger partial charge in [0.05, 0.1) is 33.7 Å². The summed E-state index contributed by atoms with van der Waals surface area (Å²) in [6.07, 6.45) is 0. The number of fused-ring (bicyclic) bond motifs is 9. The molecule has 0 saturated heterocycles. The molecule has 2 aromatic heterocycles. The van der Waals surface area contributed by atoms with E-state index in [2.05, 4.69) is 161 Å². The predicted octanol–water partition coefficient (Wildman–Crippen LogP) is 11.7. The molecule has 0 unspecified atom stereocenters. The van der Waals surface area contributed by atoms with Crippen LogP contribution >= 0.6 is 0 Å². The van der Waals surface area contributed by atoms with E-state index in [1.165, 1.54) is 49.2 Å². The van der Waals surface area contributed by atoms with Crippen LogP contribution in [-0.4, -0.2) is 9.13 Å². The molecule has 0 radical (unpaired) electrons. The fourth-order valence-electron chi connectivity index (χ4n) is 7.75. The lowest BCUT2D eigenvalue weighted by Crippen LogP contribution is -1.95. The van der Waals surface area contributed by atoms with Crippen LogP contribution in [0.15, 0.2) is 164 Å². The van der Waals surface area contributed by atoms with Crippen molar-refractivity contribution in [1.29, 1.82) is 5.26 Å². The van der Waals surface area contributed by atoms with Crippen LogP contribution in [0.1, 0.15) is 5.56 Å². The minimum Gasteiger partial charge on any atom is -0.309 e. The van der Waals surface area contributed by atoms with Crippen molar-refractivity contribution in [2.45, 2.75) is 0 Å². The zero-order valence-corrected chi connectivity index (χ0v) is 25.9. The summed E-state index contributed by atoms with van der Waals surface area (Å²) in [6.45, 7) is 0. The highest BCUT2D eigenvalue weighted by Gasteiger charge is 2.17. The van der Waals surface area contributed by atoms with E-state index in [9.17, 15) is 5.26 Å². The third-order valence-electron chi connectivity index (χ3n) is 9.92. The molecule has 3 heteroatoms. The van der Waals surface area contributed by atoms with Crippen molar-refractivity contribution in [1.82, 2.24) is 9.13 Å². The third kappa shape index (κ3) is 3.81. The highest BCUT2D eigenvalue weighted by Crippen LogP contribution is 2.39. The SMILES string of the molecule is N#Cc1cc2ccc(-n3c4ccccc4c4ccc(-c5ccc6c7ccccc7n(-c7ccccc7)c6c5)cc43)cc2c2ccccc12. The molecule has 0 atom stereocenters. The first-order valence-electron chi connectivity index (χ1n) is 16.2. The van der Waals surface area contributed by atoms with E-state index in [0.29, 0.717) is 5.56 Å². The first kappa shape index (κ1) is 26.6. The second-order valence-electron chi connectivity index (χ2n) is 12.5. The van der Waals surface area contributed by atoms with E-state index in [4.69, 9.17) is 0 Å². The maximum atomic E-state index is 9.87. The van der Waals surface area contributed by atoms with E-state index in [1.54, 1.807) is 0 Å². The molecule has 0 bridgehead atoms. The van der Waals surface area contributed by atoms with Crippen LogP contribution in [0.3, 0.4) is 0 Å². The number of nitrogens with zero attached hydrogens (tertiary/aromatic N) is 3. The molecular formula is C45H27N3. The fourth-order valence-corrected chi connectivity index (χ4v) is 7.75. The number of nitriles is 1. The van der Waals surface area contributed by atoms with Gasteiger partial charge in [0, 0.05) is 38.3 Å². The predicted molar refractivity (Wildman–Crippen MR) is 200 cm³/mol. The summed E-state index contributed by atoms with van der Waals surface area (Å²) in [5, 5.41) is 19.1. The largest absolute Gasteiger partial charge is 0.309 e. The number of rotatable bonds is 3. The van der Waals surface area contributed by atoms with Gasteiger partial charge in [-0.05, 0) is 81.9 Å². The molecule has 2 heterocycles. The van der Waals surface area contributed by atoms with Gasteiger partial charge in [-0.1, -0.05) is 109 Å². The summed E-state index contributed by atoms with van der Waals surface area (Å²) in [5.74, 6) is 0. The molecule has 0 N–H and O–H groups in total. The molecule has 48 heavy (non-hydrogen) atoms. The number of benzene rings is 8. The summed E-state index contributed by atoms with van der Waals surface area (Å²) in [4.78, 5) is 0. The molecule has 0 fully saturated rings. The average Bonchev–Trinajstić information content (AvgIpc) is 3.67. The van der Waals surface area contributed by atoms with E-state index in [-0.39, 0.29) is 0 Å². The topological polar surface area (TPSA) is 33.6 Å². The second-order valence-corrected chi connectivity index (χ2v) is 12.5. The molecule has 0 spiro atoms. The smallest absolute Gasteiger partial charge is 0.0998 e. The lowest BCUT2D eigenvalue weighted by molar-refractivity contribution is 1.18. The van der Waals surface area contributed by atoms with Gasteiger partial charge in [-0.2, -0.15) is 5.26 Å². The van der Waals surface area contributed by atoms with Gasteiger partial charge in [0.2, 0.25) is 0 Å². The molecule has 3 nitrogen and oxygen atoms in total. The Morgan fingerprint density at radius 3 is 1.50 bits per heavy atom. The Bertz CT molecular complexity index is 2950.